The summed E-state index contributed by atoms with van der Waals surface area (Å²) >= 11 is 5.05. The van der Waals surface area contributed by atoms with Gasteiger partial charge in [-0.15, -0.1) is 5.10 Å². The first-order chi connectivity index (χ1) is 9.10. The standard InChI is InChI=1S/C12H18BrN5S/c1-5-9-12(19-17-16-9)10(14-4)11-8(13)6-15-18(11)7(2)3/h6-7,10,14H,5H2,1-4H3. The van der Waals surface area contributed by atoms with E-state index >= 15 is 0 Å². The first-order valence-electron chi connectivity index (χ1n) is 6.31. The van der Waals surface area contributed by atoms with Gasteiger partial charge in [0.25, 0.3) is 0 Å². The summed E-state index contributed by atoms with van der Waals surface area (Å²) in [6.45, 7) is 6.35. The van der Waals surface area contributed by atoms with Gasteiger partial charge < -0.3 is 5.32 Å². The lowest BCUT2D eigenvalue weighted by molar-refractivity contribution is 0.484. The van der Waals surface area contributed by atoms with E-state index in [1.165, 1.54) is 11.5 Å². The van der Waals surface area contributed by atoms with Crippen LogP contribution in [0.5, 0.6) is 0 Å². The molecule has 0 aliphatic heterocycles. The molecular weight excluding hydrogens is 326 g/mol. The van der Waals surface area contributed by atoms with E-state index in [-0.39, 0.29) is 6.04 Å². The van der Waals surface area contributed by atoms with Crippen molar-refractivity contribution < 1.29 is 0 Å². The third kappa shape index (κ3) is 2.73. The van der Waals surface area contributed by atoms with E-state index < -0.39 is 0 Å². The second kappa shape index (κ2) is 6.11. The highest BCUT2D eigenvalue weighted by Gasteiger charge is 2.25. The third-order valence-corrected chi connectivity index (χ3v) is 4.46. The molecule has 0 fully saturated rings. The largest absolute Gasteiger partial charge is 0.307 e. The SMILES string of the molecule is CCc1nnsc1C(NC)c1c(Br)cnn1C(C)C. The van der Waals surface area contributed by atoms with Gasteiger partial charge in [0.1, 0.15) is 0 Å². The van der Waals surface area contributed by atoms with Crippen LogP contribution in [-0.4, -0.2) is 26.4 Å². The fourth-order valence-corrected chi connectivity index (χ4v) is 3.46. The molecule has 2 rings (SSSR count). The van der Waals surface area contributed by atoms with Gasteiger partial charge in [-0.25, -0.2) is 0 Å². The normalized spacial score (nSPS) is 13.2. The Balaban J connectivity index is 2.51. The second-order valence-electron chi connectivity index (χ2n) is 4.58. The Bertz CT molecular complexity index is 548. The van der Waals surface area contributed by atoms with Crippen molar-refractivity contribution in [2.24, 2.45) is 0 Å². The van der Waals surface area contributed by atoms with Gasteiger partial charge in [-0.3, -0.25) is 4.68 Å². The molecule has 0 spiro atoms. The lowest BCUT2D eigenvalue weighted by Gasteiger charge is -2.20. The van der Waals surface area contributed by atoms with Crippen LogP contribution in [0.25, 0.3) is 0 Å². The Hall–Kier alpha value is -0.790. The minimum atomic E-state index is 0.0641. The van der Waals surface area contributed by atoms with Crippen LogP contribution in [0, 0.1) is 0 Å². The molecule has 2 heterocycles. The van der Waals surface area contributed by atoms with E-state index in [2.05, 4.69) is 56.7 Å². The van der Waals surface area contributed by atoms with Gasteiger partial charge in [-0.2, -0.15) is 5.10 Å². The Kier molecular flexibility index (Phi) is 4.70. The van der Waals surface area contributed by atoms with Crippen molar-refractivity contribution in [3.63, 3.8) is 0 Å². The summed E-state index contributed by atoms with van der Waals surface area (Å²) in [5.74, 6) is 0. The number of hydrogen-bond donors (Lipinski definition) is 1. The van der Waals surface area contributed by atoms with Gasteiger partial charge in [-0.1, -0.05) is 11.4 Å². The second-order valence-corrected chi connectivity index (χ2v) is 6.22. The maximum absolute atomic E-state index is 4.44. The van der Waals surface area contributed by atoms with Crippen molar-refractivity contribution in [3.05, 3.63) is 26.9 Å². The topological polar surface area (TPSA) is 55.6 Å². The lowest BCUT2D eigenvalue weighted by Crippen LogP contribution is -2.23. The van der Waals surface area contributed by atoms with Crippen LogP contribution in [0.15, 0.2) is 10.7 Å². The van der Waals surface area contributed by atoms with Crippen LogP contribution in [0.2, 0.25) is 0 Å². The lowest BCUT2D eigenvalue weighted by atomic mass is 10.1. The van der Waals surface area contributed by atoms with Gasteiger partial charge in [-0.05, 0) is 54.8 Å². The van der Waals surface area contributed by atoms with E-state index in [0.717, 1.165) is 27.2 Å². The smallest absolute Gasteiger partial charge is 0.0886 e. The molecule has 2 aromatic rings. The molecule has 0 aliphatic rings. The summed E-state index contributed by atoms with van der Waals surface area (Å²) in [6, 6.07) is 0.373. The molecule has 0 radical (unpaired) electrons. The van der Waals surface area contributed by atoms with Gasteiger partial charge in [0.15, 0.2) is 0 Å². The first-order valence-corrected chi connectivity index (χ1v) is 7.88. The minimum absolute atomic E-state index is 0.0641. The molecule has 7 heteroatoms. The molecule has 19 heavy (non-hydrogen) atoms. The van der Waals surface area contributed by atoms with Crippen molar-refractivity contribution in [3.8, 4) is 0 Å². The number of nitrogens with one attached hydrogen (secondary N) is 1. The monoisotopic (exact) mass is 343 g/mol. The molecule has 5 nitrogen and oxygen atoms in total. The molecule has 0 bridgehead atoms. The highest BCUT2D eigenvalue weighted by molar-refractivity contribution is 9.10. The summed E-state index contributed by atoms with van der Waals surface area (Å²) in [5.41, 5.74) is 2.17. The highest BCUT2D eigenvalue weighted by Crippen LogP contribution is 2.33. The number of rotatable bonds is 5. The van der Waals surface area contributed by atoms with Gasteiger partial charge in [0, 0.05) is 6.04 Å². The maximum Gasteiger partial charge on any atom is 0.0886 e. The van der Waals surface area contributed by atoms with Gasteiger partial charge >= 0.3 is 0 Å². The quantitative estimate of drug-likeness (QED) is 0.906. The summed E-state index contributed by atoms with van der Waals surface area (Å²) in [6.07, 6.45) is 2.73. The number of aromatic nitrogens is 4. The Morgan fingerprint density at radius 1 is 1.47 bits per heavy atom. The molecule has 2 aromatic heterocycles. The molecule has 1 N–H and O–H groups in total. The zero-order chi connectivity index (χ0) is 14.0. The average Bonchev–Trinajstić information content (AvgIpc) is 2.98. The van der Waals surface area contributed by atoms with E-state index in [0.29, 0.717) is 6.04 Å². The summed E-state index contributed by atoms with van der Waals surface area (Å²) < 4.78 is 7.12. The molecule has 0 aliphatic carbocycles. The summed E-state index contributed by atoms with van der Waals surface area (Å²) in [7, 11) is 1.95. The number of halogens is 1. The molecule has 0 saturated heterocycles. The molecule has 0 amide bonds. The summed E-state index contributed by atoms with van der Waals surface area (Å²) in [4.78, 5) is 1.16. The van der Waals surface area contributed by atoms with E-state index in [9.17, 15) is 0 Å². The highest BCUT2D eigenvalue weighted by atomic mass is 79.9. The van der Waals surface area contributed by atoms with Crippen LogP contribution in [0.1, 0.15) is 49.1 Å². The van der Waals surface area contributed by atoms with Crippen molar-refractivity contribution in [1.29, 1.82) is 0 Å². The average molecular weight is 344 g/mol. The minimum Gasteiger partial charge on any atom is -0.307 e. The van der Waals surface area contributed by atoms with E-state index in [1.807, 2.05) is 17.9 Å². The van der Waals surface area contributed by atoms with E-state index in [4.69, 9.17) is 0 Å². The Morgan fingerprint density at radius 2 is 2.21 bits per heavy atom. The Morgan fingerprint density at radius 3 is 2.79 bits per heavy atom. The van der Waals surface area contributed by atoms with Gasteiger partial charge in [0.2, 0.25) is 0 Å². The molecule has 104 valence electrons. The maximum atomic E-state index is 4.44. The van der Waals surface area contributed by atoms with Crippen molar-refractivity contribution in [1.82, 2.24) is 24.7 Å². The molecule has 1 atom stereocenters. The zero-order valence-electron chi connectivity index (χ0n) is 11.5. The molecule has 0 saturated carbocycles. The predicted octanol–water partition coefficient (Wildman–Crippen LogP) is 2.95. The fourth-order valence-electron chi connectivity index (χ4n) is 2.10. The first kappa shape index (κ1) is 14.6. The number of hydrogen-bond acceptors (Lipinski definition) is 5. The number of nitrogens with zero attached hydrogens (tertiary/aromatic N) is 4. The van der Waals surface area contributed by atoms with Gasteiger partial charge in [0.05, 0.1) is 33.0 Å². The van der Waals surface area contributed by atoms with Crippen LogP contribution < -0.4 is 5.32 Å². The van der Waals surface area contributed by atoms with Crippen molar-refractivity contribution in [2.45, 2.75) is 39.3 Å². The number of aryl methyl sites for hydroxylation is 1. The fraction of sp³-hybridized carbons (Fsp3) is 0.583. The Labute approximate surface area is 125 Å². The zero-order valence-corrected chi connectivity index (χ0v) is 13.9. The molecule has 1 unspecified atom stereocenters. The van der Waals surface area contributed by atoms with Crippen LogP contribution >= 0.6 is 27.5 Å². The van der Waals surface area contributed by atoms with Crippen LogP contribution in [0.4, 0.5) is 0 Å². The van der Waals surface area contributed by atoms with E-state index in [1.54, 1.807) is 0 Å². The summed E-state index contributed by atoms with van der Waals surface area (Å²) in [5, 5.41) is 12.0. The third-order valence-electron chi connectivity index (χ3n) is 3.02. The van der Waals surface area contributed by atoms with Crippen molar-refractivity contribution in [2.75, 3.05) is 7.05 Å². The van der Waals surface area contributed by atoms with Crippen LogP contribution in [0.3, 0.4) is 0 Å². The molecular formula is C12H18BrN5S. The molecule has 0 aromatic carbocycles. The predicted molar refractivity (Wildman–Crippen MR) is 80.5 cm³/mol. The van der Waals surface area contributed by atoms with Crippen LogP contribution in [-0.2, 0) is 6.42 Å². The van der Waals surface area contributed by atoms with Crippen molar-refractivity contribution >= 4 is 27.5 Å².